The molecule has 1 nitrogen and oxygen atoms in total. The van der Waals surface area contributed by atoms with Crippen LogP contribution in [0.1, 0.15) is 46.0 Å². The molecule has 1 saturated carbocycles. The minimum atomic E-state index is -0.127. The van der Waals surface area contributed by atoms with Gasteiger partial charge in [-0.1, -0.05) is 29.5 Å². The molecule has 1 fully saturated rings. The zero-order valence-corrected chi connectivity index (χ0v) is 10.8. The largest absolute Gasteiger partial charge is 0.393 e. The lowest BCUT2D eigenvalue weighted by Crippen LogP contribution is -2.21. The highest BCUT2D eigenvalue weighted by molar-refractivity contribution is 14.1. The zero-order chi connectivity index (χ0) is 9.84. The van der Waals surface area contributed by atoms with Crippen molar-refractivity contribution in [2.75, 3.05) is 0 Å². The molecule has 0 saturated heterocycles. The SMILES string of the molecule is CC(O)[C@H](C)CC1CCC(I)CC1. The van der Waals surface area contributed by atoms with Crippen LogP contribution in [0.3, 0.4) is 0 Å². The van der Waals surface area contributed by atoms with Gasteiger partial charge in [-0.15, -0.1) is 0 Å². The van der Waals surface area contributed by atoms with E-state index < -0.39 is 0 Å². The molecule has 1 rings (SSSR count). The van der Waals surface area contributed by atoms with Crippen molar-refractivity contribution in [1.29, 1.82) is 0 Å². The Labute approximate surface area is 95.4 Å². The molecule has 0 aromatic heterocycles. The molecule has 0 aliphatic heterocycles. The van der Waals surface area contributed by atoms with Gasteiger partial charge < -0.3 is 5.11 Å². The summed E-state index contributed by atoms with van der Waals surface area (Å²) in [4.78, 5) is 0. The summed E-state index contributed by atoms with van der Waals surface area (Å²) in [5.41, 5.74) is 0. The van der Waals surface area contributed by atoms with E-state index in [4.69, 9.17) is 0 Å². The van der Waals surface area contributed by atoms with Gasteiger partial charge in [0.2, 0.25) is 0 Å². The van der Waals surface area contributed by atoms with E-state index in [9.17, 15) is 5.11 Å². The van der Waals surface area contributed by atoms with Crippen molar-refractivity contribution < 1.29 is 5.11 Å². The number of halogens is 1. The highest BCUT2D eigenvalue weighted by atomic mass is 127. The first-order valence-electron chi connectivity index (χ1n) is 5.41. The summed E-state index contributed by atoms with van der Waals surface area (Å²) in [5.74, 6) is 1.37. The number of hydrogen-bond donors (Lipinski definition) is 1. The molecule has 0 aromatic carbocycles. The van der Waals surface area contributed by atoms with Crippen LogP contribution in [0.2, 0.25) is 0 Å². The summed E-state index contributed by atoms with van der Waals surface area (Å²) in [6.45, 7) is 4.08. The van der Waals surface area contributed by atoms with Crippen LogP contribution in [0.15, 0.2) is 0 Å². The summed E-state index contributed by atoms with van der Waals surface area (Å²) in [7, 11) is 0. The fraction of sp³-hybridized carbons (Fsp3) is 1.00. The lowest BCUT2D eigenvalue weighted by molar-refractivity contribution is 0.113. The zero-order valence-electron chi connectivity index (χ0n) is 8.67. The maximum Gasteiger partial charge on any atom is 0.0537 e. The summed E-state index contributed by atoms with van der Waals surface area (Å²) in [6, 6.07) is 0. The third-order valence-corrected chi connectivity index (χ3v) is 4.55. The molecule has 1 N–H and O–H groups in total. The lowest BCUT2D eigenvalue weighted by atomic mass is 9.82. The summed E-state index contributed by atoms with van der Waals surface area (Å²) in [6.07, 6.45) is 6.63. The Bertz CT molecular complexity index is 139. The Morgan fingerprint density at radius 1 is 1.23 bits per heavy atom. The van der Waals surface area contributed by atoms with Crippen molar-refractivity contribution in [2.24, 2.45) is 11.8 Å². The first-order chi connectivity index (χ1) is 6.09. The fourth-order valence-electron chi connectivity index (χ4n) is 2.08. The van der Waals surface area contributed by atoms with Crippen molar-refractivity contribution in [3.63, 3.8) is 0 Å². The number of rotatable bonds is 3. The van der Waals surface area contributed by atoms with Gasteiger partial charge in [0.1, 0.15) is 0 Å². The molecule has 13 heavy (non-hydrogen) atoms. The molecule has 2 heteroatoms. The fourth-order valence-corrected chi connectivity index (χ4v) is 2.80. The number of hydrogen-bond acceptors (Lipinski definition) is 1. The first-order valence-corrected chi connectivity index (χ1v) is 6.66. The van der Waals surface area contributed by atoms with Gasteiger partial charge in [-0.2, -0.15) is 0 Å². The van der Waals surface area contributed by atoms with Gasteiger partial charge in [-0.3, -0.25) is 0 Å². The van der Waals surface area contributed by atoms with Crippen LogP contribution in [0.4, 0.5) is 0 Å². The molecule has 0 spiro atoms. The van der Waals surface area contributed by atoms with E-state index in [1.165, 1.54) is 32.1 Å². The van der Waals surface area contributed by atoms with E-state index in [0.29, 0.717) is 5.92 Å². The number of aliphatic hydroxyl groups is 1. The molecule has 2 atom stereocenters. The molecule has 1 aliphatic rings. The molecule has 1 unspecified atom stereocenters. The van der Waals surface area contributed by atoms with Crippen molar-refractivity contribution in [2.45, 2.75) is 56.0 Å². The molecule has 0 heterocycles. The van der Waals surface area contributed by atoms with E-state index in [2.05, 4.69) is 29.5 Å². The van der Waals surface area contributed by atoms with Crippen LogP contribution in [0, 0.1) is 11.8 Å². The van der Waals surface area contributed by atoms with Gasteiger partial charge in [0.25, 0.3) is 0 Å². The van der Waals surface area contributed by atoms with E-state index in [0.717, 1.165) is 9.84 Å². The summed E-state index contributed by atoms with van der Waals surface area (Å²) in [5, 5.41) is 9.40. The van der Waals surface area contributed by atoms with Crippen molar-refractivity contribution in [1.82, 2.24) is 0 Å². The molecular weight excluding hydrogens is 275 g/mol. The maximum absolute atomic E-state index is 9.40. The van der Waals surface area contributed by atoms with Crippen molar-refractivity contribution in [3.05, 3.63) is 0 Å². The second kappa shape index (κ2) is 5.54. The normalized spacial score (nSPS) is 34.2. The molecule has 78 valence electrons. The Balaban J connectivity index is 2.22. The third-order valence-electron chi connectivity index (χ3n) is 3.30. The number of aliphatic hydroxyl groups excluding tert-OH is 1. The summed E-state index contributed by atoms with van der Waals surface area (Å²) < 4.78 is 0.913. The smallest absolute Gasteiger partial charge is 0.0537 e. The molecule has 1 aliphatic carbocycles. The third kappa shape index (κ3) is 4.15. The Morgan fingerprint density at radius 2 is 1.77 bits per heavy atom. The van der Waals surface area contributed by atoms with E-state index in [1.807, 2.05) is 6.92 Å². The standard InChI is InChI=1S/C11H21IO/c1-8(9(2)13)7-10-3-5-11(12)6-4-10/h8-11,13H,3-7H2,1-2H3/t8-,9?,10?,11?/m1/s1. The topological polar surface area (TPSA) is 20.2 Å². The van der Waals surface area contributed by atoms with E-state index in [1.54, 1.807) is 0 Å². The molecular formula is C11H21IO. The average molecular weight is 296 g/mol. The quantitative estimate of drug-likeness (QED) is 0.625. The Morgan fingerprint density at radius 3 is 2.23 bits per heavy atom. The Hall–Kier alpha value is 0.690. The highest BCUT2D eigenvalue weighted by Crippen LogP contribution is 2.33. The van der Waals surface area contributed by atoms with Crippen LogP contribution in [0.25, 0.3) is 0 Å². The monoisotopic (exact) mass is 296 g/mol. The van der Waals surface area contributed by atoms with Gasteiger partial charge in [-0.05, 0) is 50.9 Å². The van der Waals surface area contributed by atoms with E-state index >= 15 is 0 Å². The predicted octanol–water partition coefficient (Wildman–Crippen LogP) is 3.39. The lowest BCUT2D eigenvalue weighted by Gasteiger charge is -2.28. The Kier molecular flexibility index (Phi) is 5.01. The van der Waals surface area contributed by atoms with Crippen molar-refractivity contribution >= 4 is 22.6 Å². The van der Waals surface area contributed by atoms with Crippen LogP contribution in [0.5, 0.6) is 0 Å². The van der Waals surface area contributed by atoms with Gasteiger partial charge in [-0.25, -0.2) is 0 Å². The van der Waals surface area contributed by atoms with Gasteiger partial charge >= 0.3 is 0 Å². The average Bonchev–Trinajstić information content (AvgIpc) is 2.08. The minimum Gasteiger partial charge on any atom is -0.393 e. The van der Waals surface area contributed by atoms with Gasteiger partial charge in [0, 0.05) is 3.92 Å². The van der Waals surface area contributed by atoms with Crippen LogP contribution < -0.4 is 0 Å². The van der Waals surface area contributed by atoms with Gasteiger partial charge in [0.05, 0.1) is 6.10 Å². The molecule has 0 amide bonds. The second-order valence-corrected chi connectivity index (χ2v) is 6.33. The van der Waals surface area contributed by atoms with Crippen LogP contribution in [-0.2, 0) is 0 Å². The highest BCUT2D eigenvalue weighted by Gasteiger charge is 2.22. The molecule has 0 radical (unpaired) electrons. The number of alkyl halides is 1. The van der Waals surface area contributed by atoms with Crippen LogP contribution in [-0.4, -0.2) is 15.1 Å². The predicted molar refractivity (Wildman–Crippen MR) is 65.2 cm³/mol. The maximum atomic E-state index is 9.40. The first kappa shape index (κ1) is 11.8. The summed E-state index contributed by atoms with van der Waals surface area (Å²) >= 11 is 2.56. The van der Waals surface area contributed by atoms with E-state index in [-0.39, 0.29) is 6.10 Å². The minimum absolute atomic E-state index is 0.127. The molecule has 0 aromatic rings. The second-order valence-electron chi connectivity index (χ2n) is 4.57. The molecule has 0 bridgehead atoms. The van der Waals surface area contributed by atoms with Crippen LogP contribution >= 0.6 is 22.6 Å². The van der Waals surface area contributed by atoms with Gasteiger partial charge in [0.15, 0.2) is 0 Å². The van der Waals surface area contributed by atoms with Crippen molar-refractivity contribution in [3.8, 4) is 0 Å².